The molecular weight excluding hydrogens is 303 g/mol. The van der Waals surface area contributed by atoms with Gasteiger partial charge in [0.2, 0.25) is 0 Å². The Morgan fingerprint density at radius 2 is 1.41 bits per heavy atom. The van der Waals surface area contributed by atoms with E-state index in [2.05, 4.69) is 45.9 Å². The van der Waals surface area contributed by atoms with Crippen LogP contribution >= 0.6 is 28.5 Å². The van der Waals surface area contributed by atoms with E-state index < -0.39 is 21.9 Å². The van der Waals surface area contributed by atoms with Crippen LogP contribution in [0.5, 0.6) is 0 Å². The first-order valence-electron chi connectivity index (χ1n) is 5.66. The van der Waals surface area contributed by atoms with Gasteiger partial charge in [-0.2, -0.15) is 0 Å². The predicted octanol–water partition coefficient (Wildman–Crippen LogP) is 5.48. The summed E-state index contributed by atoms with van der Waals surface area (Å²) in [5, 5.41) is 1.94. The molecular formula is C10H25O2PS2Si2. The quantitative estimate of drug-likeness (QED) is 0.335. The second-order valence-electron chi connectivity index (χ2n) is 6.39. The Balaban J connectivity index is 4.46. The summed E-state index contributed by atoms with van der Waals surface area (Å²) in [7, 11) is -2.39. The molecule has 0 aliphatic heterocycles. The predicted molar refractivity (Wildman–Crippen MR) is 90.5 cm³/mol. The molecule has 0 N–H and O–H groups in total. The molecule has 0 radical (unpaired) electrons. The maximum Gasteiger partial charge on any atom is 0.358 e. The molecule has 0 unspecified atom stereocenters. The summed E-state index contributed by atoms with van der Waals surface area (Å²) < 4.78 is 17.9. The van der Waals surface area contributed by atoms with Gasteiger partial charge in [0.25, 0.3) is 0 Å². The molecule has 102 valence electrons. The van der Waals surface area contributed by atoms with Crippen molar-refractivity contribution in [1.82, 2.24) is 0 Å². The fraction of sp³-hybridized carbons (Fsp3) is 0.800. The van der Waals surface area contributed by atoms with Crippen LogP contribution in [0, 0.1) is 0 Å². The third-order valence-electron chi connectivity index (χ3n) is 1.51. The summed E-state index contributed by atoms with van der Waals surface area (Å²) >= 11 is 3.01. The van der Waals surface area contributed by atoms with E-state index >= 15 is 0 Å². The van der Waals surface area contributed by atoms with Crippen molar-refractivity contribution >= 4 is 44.7 Å². The fourth-order valence-corrected chi connectivity index (χ4v) is 19.8. The lowest BCUT2D eigenvalue weighted by Crippen LogP contribution is -2.24. The van der Waals surface area contributed by atoms with Gasteiger partial charge in [-0.1, -0.05) is 45.9 Å². The lowest BCUT2D eigenvalue weighted by atomic mass is 11.2. The lowest BCUT2D eigenvalue weighted by Gasteiger charge is -2.23. The molecule has 17 heavy (non-hydrogen) atoms. The Labute approximate surface area is 116 Å². The summed E-state index contributed by atoms with van der Waals surface area (Å²) in [6.45, 7) is 17.2. The van der Waals surface area contributed by atoms with Gasteiger partial charge >= 0.3 is 5.77 Å². The van der Waals surface area contributed by atoms with Gasteiger partial charge in [-0.25, -0.2) is 0 Å². The largest absolute Gasteiger partial charge is 0.438 e. The molecule has 7 heteroatoms. The van der Waals surface area contributed by atoms with Crippen molar-refractivity contribution in [2.24, 2.45) is 0 Å². The van der Waals surface area contributed by atoms with Gasteiger partial charge in [-0.05, 0) is 33.5 Å². The minimum absolute atomic E-state index is 0.969. The van der Waals surface area contributed by atoms with Gasteiger partial charge in [-0.15, -0.1) is 0 Å². The highest BCUT2D eigenvalue weighted by Gasteiger charge is 2.30. The Morgan fingerprint density at radius 1 is 1.06 bits per heavy atom. The topological polar surface area (TPSA) is 26.3 Å². The van der Waals surface area contributed by atoms with Crippen LogP contribution in [0.25, 0.3) is 0 Å². The summed E-state index contributed by atoms with van der Waals surface area (Å²) in [5.41, 5.74) is 0. The maximum atomic E-state index is 12.6. The van der Waals surface area contributed by atoms with E-state index in [1.807, 2.05) is 0 Å². The van der Waals surface area contributed by atoms with Gasteiger partial charge in [0.15, 0.2) is 0 Å². The van der Waals surface area contributed by atoms with Crippen LogP contribution in [0.1, 0.15) is 0 Å². The average Bonchev–Trinajstić information content (AvgIpc) is 2.11. The Kier molecular flexibility index (Phi) is 7.26. The van der Waals surface area contributed by atoms with Crippen molar-refractivity contribution in [3.05, 3.63) is 12.8 Å². The smallest absolute Gasteiger partial charge is 0.358 e. The molecule has 0 saturated carbocycles. The highest BCUT2D eigenvalue weighted by atomic mass is 33.1. The van der Waals surface area contributed by atoms with E-state index in [1.165, 1.54) is 29.0 Å². The summed E-state index contributed by atoms with van der Waals surface area (Å²) in [5.74, 6) is -2.63. The first-order chi connectivity index (χ1) is 7.47. The molecule has 0 aromatic heterocycles. The van der Waals surface area contributed by atoms with Gasteiger partial charge in [0.05, 0.1) is 22.4 Å². The van der Waals surface area contributed by atoms with E-state index in [1.54, 1.807) is 0 Å². The van der Waals surface area contributed by atoms with Gasteiger partial charge in [0.1, 0.15) is 0 Å². The van der Waals surface area contributed by atoms with Crippen LogP contribution in [0.4, 0.5) is 0 Å². The molecule has 0 fully saturated rings. The highest BCUT2D eigenvalue weighted by Crippen LogP contribution is 2.70. The monoisotopic (exact) mass is 328 g/mol. The Bertz CT molecular complexity index is 276. The third-order valence-corrected chi connectivity index (χ3v) is 17.2. The van der Waals surface area contributed by atoms with Crippen molar-refractivity contribution in [3.8, 4) is 0 Å². The number of hydrogen-bond acceptors (Lipinski definition) is 4. The molecule has 0 rings (SSSR count). The van der Waals surface area contributed by atoms with Crippen molar-refractivity contribution in [2.45, 2.75) is 39.3 Å². The molecule has 0 saturated heterocycles. The molecule has 0 aliphatic carbocycles. The Hall–Kier alpha value is 0.904. The molecule has 2 nitrogen and oxygen atoms in total. The van der Waals surface area contributed by atoms with E-state index in [4.69, 9.17) is 4.52 Å². The van der Waals surface area contributed by atoms with E-state index in [-0.39, 0.29) is 0 Å². The van der Waals surface area contributed by atoms with E-state index in [0.29, 0.717) is 0 Å². The number of rotatable bonds is 8. The second-order valence-corrected chi connectivity index (χ2v) is 25.7. The summed E-state index contributed by atoms with van der Waals surface area (Å²) in [6.07, 6.45) is 1.33. The molecule has 0 atom stereocenters. The van der Waals surface area contributed by atoms with E-state index in [0.717, 1.165) is 10.8 Å². The van der Waals surface area contributed by atoms with Gasteiger partial charge < -0.3 is 4.52 Å². The number of hydrogen-bond donors (Lipinski definition) is 0. The molecule has 0 heterocycles. The first kappa shape index (κ1) is 17.9. The molecule has 0 amide bonds. The second kappa shape index (κ2) is 6.89. The van der Waals surface area contributed by atoms with Crippen LogP contribution in [0.2, 0.25) is 39.3 Å². The molecule has 0 bridgehead atoms. The lowest BCUT2D eigenvalue weighted by molar-refractivity contribution is 0.475. The van der Waals surface area contributed by atoms with Crippen LogP contribution < -0.4 is 0 Å². The fourth-order valence-electron chi connectivity index (χ4n) is 0.735. The zero-order valence-electron chi connectivity index (χ0n) is 11.8. The van der Waals surface area contributed by atoms with Gasteiger partial charge in [-0.3, -0.25) is 4.57 Å². The molecule has 0 aliphatic rings. The summed E-state index contributed by atoms with van der Waals surface area (Å²) in [6, 6.07) is 0. The summed E-state index contributed by atoms with van der Waals surface area (Å²) in [4.78, 5) is 0. The minimum atomic E-state index is -2.63. The normalized spacial score (nSPS) is 13.5. The van der Waals surface area contributed by atoms with E-state index in [9.17, 15) is 4.57 Å². The highest BCUT2D eigenvalue weighted by molar-refractivity contribution is 8.89. The minimum Gasteiger partial charge on any atom is -0.438 e. The standard InChI is InChI=1S/C10H25O2PS2Si2/c1-8-12-13(11,14-9-16(2,3)4)15-10-17(5,6)7/h8H,1,9-10H2,2-7H3. The Morgan fingerprint density at radius 3 is 1.65 bits per heavy atom. The molecule has 0 aromatic rings. The van der Waals surface area contributed by atoms with Gasteiger partial charge in [0, 0.05) is 0 Å². The third kappa shape index (κ3) is 10.5. The average molecular weight is 329 g/mol. The zero-order valence-corrected chi connectivity index (χ0v) is 16.3. The maximum absolute atomic E-state index is 12.6. The van der Waals surface area contributed by atoms with Crippen molar-refractivity contribution in [1.29, 1.82) is 0 Å². The molecule has 0 aromatic carbocycles. The van der Waals surface area contributed by atoms with Crippen molar-refractivity contribution < 1.29 is 9.09 Å². The van der Waals surface area contributed by atoms with Crippen molar-refractivity contribution in [2.75, 3.05) is 10.8 Å². The van der Waals surface area contributed by atoms with Crippen LogP contribution in [0.15, 0.2) is 12.8 Å². The van der Waals surface area contributed by atoms with Crippen LogP contribution in [-0.4, -0.2) is 26.9 Å². The van der Waals surface area contributed by atoms with Crippen molar-refractivity contribution in [3.63, 3.8) is 0 Å². The molecule has 0 spiro atoms. The van der Waals surface area contributed by atoms with Crippen LogP contribution in [-0.2, 0) is 9.09 Å². The first-order valence-corrected chi connectivity index (χ1v) is 17.9. The zero-order chi connectivity index (χ0) is 13.7. The SMILES string of the molecule is C=COP(=O)(SC[Si](C)(C)C)SC[Si](C)(C)C. The van der Waals surface area contributed by atoms with Crippen LogP contribution in [0.3, 0.4) is 0 Å².